The lowest BCUT2D eigenvalue weighted by atomic mass is 10.00. The van der Waals surface area contributed by atoms with E-state index in [1.54, 1.807) is 27.3 Å². The molecule has 0 spiro atoms. The third-order valence-electron chi connectivity index (χ3n) is 6.74. The van der Waals surface area contributed by atoms with Gasteiger partial charge >= 0.3 is 0 Å². The molecule has 2 aromatic carbocycles. The van der Waals surface area contributed by atoms with Gasteiger partial charge in [0.05, 0.1) is 37.7 Å². The number of fused-ring (bicyclic) bond motifs is 2. The molecule has 4 aromatic heterocycles. The van der Waals surface area contributed by atoms with E-state index < -0.39 is 0 Å². The highest BCUT2D eigenvalue weighted by Gasteiger charge is 2.18. The van der Waals surface area contributed by atoms with Crippen LogP contribution in [0.5, 0.6) is 5.75 Å². The van der Waals surface area contributed by atoms with Gasteiger partial charge in [-0.05, 0) is 60.9 Å². The van der Waals surface area contributed by atoms with Gasteiger partial charge in [-0.2, -0.15) is 0 Å². The molecule has 11 heteroatoms. The molecular weight excluding hydrogens is 496 g/mol. The second kappa shape index (κ2) is 9.60. The number of hydrogen-bond acceptors (Lipinski definition) is 8. The first kappa shape index (κ1) is 24.2. The molecule has 39 heavy (non-hydrogen) atoms. The lowest BCUT2D eigenvalue weighted by molar-refractivity contribution is 0.0948. The summed E-state index contributed by atoms with van der Waals surface area (Å²) in [7, 11) is 1.65. The second-order valence-corrected chi connectivity index (χ2v) is 9.31. The quantitative estimate of drug-likeness (QED) is 0.283. The zero-order valence-electron chi connectivity index (χ0n) is 21.6. The Bertz CT molecular complexity index is 1830. The number of nitrogen functional groups attached to an aromatic ring is 1. The summed E-state index contributed by atoms with van der Waals surface area (Å²) in [6.45, 7) is 4.28. The number of imidazole rings is 1. The fourth-order valence-corrected chi connectivity index (χ4v) is 4.84. The van der Waals surface area contributed by atoms with Gasteiger partial charge in [0.25, 0.3) is 5.91 Å². The second-order valence-electron chi connectivity index (χ2n) is 9.31. The van der Waals surface area contributed by atoms with Gasteiger partial charge in [0, 0.05) is 11.1 Å². The summed E-state index contributed by atoms with van der Waals surface area (Å²) in [6, 6.07) is 14.2. The lowest BCUT2D eigenvalue weighted by Crippen LogP contribution is -2.23. The molecule has 6 rings (SSSR count). The van der Waals surface area contributed by atoms with Crippen LogP contribution in [0.2, 0.25) is 0 Å². The summed E-state index contributed by atoms with van der Waals surface area (Å²) in [5.74, 6) is 1.37. The molecule has 0 saturated heterocycles. The minimum atomic E-state index is -0.232. The Balaban J connectivity index is 1.39. The third kappa shape index (κ3) is 4.43. The largest absolute Gasteiger partial charge is 0.497 e. The molecule has 0 atom stereocenters. The van der Waals surface area contributed by atoms with E-state index in [-0.39, 0.29) is 5.91 Å². The number of nitrogens with two attached hydrogens (primary N) is 1. The molecule has 11 nitrogen and oxygen atoms in total. The maximum atomic E-state index is 12.8. The van der Waals surface area contributed by atoms with E-state index in [9.17, 15) is 4.79 Å². The number of carbonyl (C=O) groups is 1. The van der Waals surface area contributed by atoms with Crippen LogP contribution in [0.25, 0.3) is 33.2 Å². The van der Waals surface area contributed by atoms with Gasteiger partial charge in [0.2, 0.25) is 0 Å². The van der Waals surface area contributed by atoms with Crippen molar-refractivity contribution in [2.24, 2.45) is 0 Å². The maximum absolute atomic E-state index is 12.8. The number of methoxy groups -OCH3 is 1. The Labute approximate surface area is 223 Å². The van der Waals surface area contributed by atoms with Crippen LogP contribution in [0.15, 0.2) is 59.6 Å². The van der Waals surface area contributed by atoms with Gasteiger partial charge in [-0.25, -0.2) is 15.0 Å². The standard InChI is InChI=1S/C28H26N8O3/c1-15-23(16(2)39-35-15)28(37)30-11-21-9-19-7-18(17-5-4-6-22(10-17)38-3)8-20(24(19)34-21)12-36-14-33-25-26(29)31-13-32-27(25)36/h4-10,13-14,34H,11-12H2,1-3H3,(H,30,37)(H2,29,31,32). The molecule has 0 aliphatic heterocycles. The number of anilines is 1. The Morgan fingerprint density at radius 3 is 2.79 bits per heavy atom. The highest BCUT2D eigenvalue weighted by Crippen LogP contribution is 2.31. The predicted molar refractivity (Wildman–Crippen MR) is 146 cm³/mol. The summed E-state index contributed by atoms with van der Waals surface area (Å²) in [5, 5.41) is 7.85. The normalized spacial score (nSPS) is 11.4. The summed E-state index contributed by atoms with van der Waals surface area (Å²) in [4.78, 5) is 29.2. The zero-order valence-corrected chi connectivity index (χ0v) is 21.6. The van der Waals surface area contributed by atoms with Crippen LogP contribution in [0.1, 0.15) is 33.1 Å². The molecule has 0 aliphatic rings. The van der Waals surface area contributed by atoms with Crippen molar-refractivity contribution in [3.63, 3.8) is 0 Å². The molecular formula is C28H26N8O3. The molecule has 0 bridgehead atoms. The van der Waals surface area contributed by atoms with Gasteiger partial charge in [-0.3, -0.25) is 4.79 Å². The number of H-pyrrole nitrogens is 1. The molecule has 6 aromatic rings. The van der Waals surface area contributed by atoms with Crippen LogP contribution in [-0.4, -0.2) is 42.7 Å². The lowest BCUT2D eigenvalue weighted by Gasteiger charge is -2.11. The van der Waals surface area contributed by atoms with Crippen LogP contribution < -0.4 is 15.8 Å². The minimum absolute atomic E-state index is 0.232. The molecule has 0 saturated carbocycles. The smallest absolute Gasteiger partial charge is 0.257 e. The number of ether oxygens (including phenoxy) is 1. The van der Waals surface area contributed by atoms with Crippen molar-refractivity contribution in [2.75, 3.05) is 12.8 Å². The van der Waals surface area contributed by atoms with Gasteiger partial charge in [0.15, 0.2) is 11.5 Å². The highest BCUT2D eigenvalue weighted by molar-refractivity contribution is 5.96. The Morgan fingerprint density at radius 2 is 2.00 bits per heavy atom. The van der Waals surface area contributed by atoms with Gasteiger partial charge < -0.3 is 29.9 Å². The first-order valence-corrected chi connectivity index (χ1v) is 12.3. The number of nitrogens with zero attached hydrogens (tertiary/aromatic N) is 5. The van der Waals surface area contributed by atoms with E-state index in [0.717, 1.165) is 39.0 Å². The number of carbonyl (C=O) groups excluding carboxylic acids is 1. The van der Waals surface area contributed by atoms with Gasteiger partial charge in [-0.1, -0.05) is 17.3 Å². The van der Waals surface area contributed by atoms with Crippen LogP contribution in [0, 0.1) is 13.8 Å². The molecule has 0 fully saturated rings. The first-order chi connectivity index (χ1) is 18.9. The van der Waals surface area contributed by atoms with E-state index in [2.05, 4.69) is 42.5 Å². The Morgan fingerprint density at radius 1 is 1.13 bits per heavy atom. The molecule has 0 unspecified atom stereocenters. The van der Waals surface area contributed by atoms with Crippen molar-refractivity contribution in [3.05, 3.63) is 83.4 Å². The first-order valence-electron chi connectivity index (χ1n) is 12.3. The van der Waals surface area contributed by atoms with Crippen molar-refractivity contribution in [1.29, 1.82) is 0 Å². The average molecular weight is 523 g/mol. The predicted octanol–water partition coefficient (Wildman–Crippen LogP) is 4.15. The topological polar surface area (TPSA) is 150 Å². The molecule has 1 amide bonds. The van der Waals surface area contributed by atoms with Gasteiger partial charge in [-0.15, -0.1) is 0 Å². The fourth-order valence-electron chi connectivity index (χ4n) is 4.84. The number of aryl methyl sites for hydroxylation is 2. The highest BCUT2D eigenvalue weighted by atomic mass is 16.5. The molecule has 4 heterocycles. The van der Waals surface area contributed by atoms with Crippen molar-refractivity contribution in [2.45, 2.75) is 26.9 Å². The van der Waals surface area contributed by atoms with Crippen LogP contribution in [0.3, 0.4) is 0 Å². The SMILES string of the molecule is COc1cccc(-c2cc(Cn3cnc4c(N)ncnc43)c3[nH]c(CNC(=O)c4c(C)noc4C)cc3c2)c1. The van der Waals surface area contributed by atoms with E-state index in [4.69, 9.17) is 15.0 Å². The third-order valence-corrected chi connectivity index (χ3v) is 6.74. The molecule has 4 N–H and O–H groups in total. The fraction of sp³-hybridized carbons (Fsp3) is 0.179. The number of rotatable bonds is 7. The van der Waals surface area contributed by atoms with E-state index in [0.29, 0.717) is 47.1 Å². The van der Waals surface area contributed by atoms with Crippen molar-refractivity contribution in [1.82, 2.24) is 35.0 Å². The van der Waals surface area contributed by atoms with E-state index in [1.807, 2.05) is 34.9 Å². The number of aromatic nitrogens is 6. The number of nitrogens with one attached hydrogen (secondary N) is 2. The summed E-state index contributed by atoms with van der Waals surface area (Å²) >= 11 is 0. The van der Waals surface area contributed by atoms with Crippen molar-refractivity contribution >= 4 is 33.8 Å². The van der Waals surface area contributed by atoms with Gasteiger partial charge in [0.1, 0.15) is 28.9 Å². The Kier molecular flexibility index (Phi) is 5.95. The van der Waals surface area contributed by atoms with Crippen molar-refractivity contribution in [3.8, 4) is 16.9 Å². The number of aromatic amines is 1. The molecule has 0 radical (unpaired) electrons. The number of benzene rings is 2. The average Bonchev–Trinajstić information content (AvgIpc) is 3.64. The van der Waals surface area contributed by atoms with Crippen LogP contribution in [-0.2, 0) is 13.1 Å². The summed E-state index contributed by atoms with van der Waals surface area (Å²) < 4.78 is 12.5. The Hall–Kier alpha value is -5.19. The minimum Gasteiger partial charge on any atom is -0.497 e. The molecule has 0 aliphatic carbocycles. The van der Waals surface area contributed by atoms with Crippen molar-refractivity contribution < 1.29 is 14.1 Å². The van der Waals surface area contributed by atoms with E-state index in [1.165, 1.54) is 6.33 Å². The zero-order chi connectivity index (χ0) is 27.1. The van der Waals surface area contributed by atoms with Crippen LogP contribution >= 0.6 is 0 Å². The summed E-state index contributed by atoms with van der Waals surface area (Å²) in [5.41, 5.74) is 13.1. The van der Waals surface area contributed by atoms with E-state index >= 15 is 0 Å². The van der Waals surface area contributed by atoms with Crippen LogP contribution in [0.4, 0.5) is 5.82 Å². The monoisotopic (exact) mass is 522 g/mol. The number of amides is 1. The number of hydrogen-bond donors (Lipinski definition) is 3. The molecule has 196 valence electrons. The maximum Gasteiger partial charge on any atom is 0.257 e. The summed E-state index contributed by atoms with van der Waals surface area (Å²) in [6.07, 6.45) is 3.15.